The second-order valence-corrected chi connectivity index (χ2v) is 9.38. The fourth-order valence-electron chi connectivity index (χ4n) is 3.55. The fraction of sp³-hybridized carbons (Fsp3) is 0.273. The van der Waals surface area contributed by atoms with Gasteiger partial charge in [0, 0.05) is 38.1 Å². The van der Waals surface area contributed by atoms with E-state index < -0.39 is 21.7 Å². The Morgan fingerprint density at radius 3 is 2.44 bits per heavy atom. The van der Waals surface area contributed by atoms with Crippen LogP contribution in [-0.4, -0.2) is 66.0 Å². The van der Waals surface area contributed by atoms with Gasteiger partial charge in [-0.15, -0.1) is 0 Å². The second-order valence-electron chi connectivity index (χ2n) is 7.44. The summed E-state index contributed by atoms with van der Waals surface area (Å²) in [5.74, 6) is -0.849. The number of sulfonamides is 1. The topological polar surface area (TPSA) is 87.5 Å². The van der Waals surface area contributed by atoms with Gasteiger partial charge in [0.05, 0.1) is 10.6 Å². The summed E-state index contributed by atoms with van der Waals surface area (Å²) in [6.07, 6.45) is 1.57. The van der Waals surface area contributed by atoms with E-state index in [9.17, 15) is 17.6 Å². The second kappa shape index (κ2) is 9.19. The summed E-state index contributed by atoms with van der Waals surface area (Å²) in [5.41, 5.74) is 1.10. The molecule has 0 unspecified atom stereocenters. The first-order valence-corrected chi connectivity index (χ1v) is 11.8. The van der Waals surface area contributed by atoms with Gasteiger partial charge in [0.2, 0.25) is 10.0 Å². The van der Waals surface area contributed by atoms with E-state index in [2.05, 4.69) is 22.2 Å². The van der Waals surface area contributed by atoms with Gasteiger partial charge in [-0.1, -0.05) is 13.0 Å². The molecule has 1 saturated heterocycles. The number of nitrogens with one attached hydrogen (secondary N) is 1. The lowest BCUT2D eigenvalue weighted by atomic mass is 10.3. The van der Waals surface area contributed by atoms with Crippen molar-refractivity contribution < 1.29 is 17.6 Å². The normalized spacial score (nSPS) is 15.6. The average molecular weight is 458 g/mol. The van der Waals surface area contributed by atoms with Gasteiger partial charge >= 0.3 is 0 Å². The van der Waals surface area contributed by atoms with Crippen molar-refractivity contribution in [2.75, 3.05) is 38.0 Å². The number of hydrogen-bond acceptors (Lipinski definition) is 5. The lowest BCUT2D eigenvalue weighted by molar-refractivity contribution is 0.102. The molecule has 168 valence electrons. The van der Waals surface area contributed by atoms with E-state index in [-0.39, 0.29) is 10.6 Å². The third-order valence-corrected chi connectivity index (χ3v) is 7.34. The van der Waals surface area contributed by atoms with Gasteiger partial charge in [-0.3, -0.25) is 4.79 Å². The molecule has 32 heavy (non-hydrogen) atoms. The molecule has 1 aromatic heterocycles. The van der Waals surface area contributed by atoms with Crippen molar-refractivity contribution in [2.24, 2.45) is 0 Å². The molecule has 0 atom stereocenters. The van der Waals surface area contributed by atoms with Crippen molar-refractivity contribution in [1.82, 2.24) is 19.0 Å². The van der Waals surface area contributed by atoms with Gasteiger partial charge in [-0.05, 0) is 55.1 Å². The first-order chi connectivity index (χ1) is 15.4. The maximum atomic E-state index is 13.4. The number of likely N-dealkylation sites (N-methyl/N-ethyl adjacent to an activating group) is 1. The summed E-state index contributed by atoms with van der Waals surface area (Å²) in [5, 5.41) is 6.88. The van der Waals surface area contributed by atoms with Gasteiger partial charge in [-0.25, -0.2) is 17.5 Å². The van der Waals surface area contributed by atoms with Crippen LogP contribution in [0.15, 0.2) is 65.7 Å². The minimum atomic E-state index is -3.57. The molecule has 2 heterocycles. The number of nitrogens with zero attached hydrogens (tertiary/aromatic N) is 4. The van der Waals surface area contributed by atoms with Crippen LogP contribution in [0.5, 0.6) is 0 Å². The van der Waals surface area contributed by atoms with Crippen LogP contribution >= 0.6 is 0 Å². The molecule has 0 spiro atoms. The van der Waals surface area contributed by atoms with Crippen LogP contribution in [0.2, 0.25) is 0 Å². The Labute approximate surface area is 186 Å². The molecule has 4 rings (SSSR count). The standard InChI is InChI=1S/C22H24FN5O3S/c1-2-26-12-14-27(15-13-26)32(30,31)20-8-6-18(7-9-20)24-22(29)21-10-11-28(25-21)19-5-3-4-17(23)16-19/h3-11,16H,2,12-15H2,1H3,(H,24,29). The number of anilines is 1. The first kappa shape index (κ1) is 22.1. The van der Waals surface area contributed by atoms with Gasteiger partial charge in [0.1, 0.15) is 5.82 Å². The van der Waals surface area contributed by atoms with Crippen molar-refractivity contribution in [3.63, 3.8) is 0 Å². The summed E-state index contributed by atoms with van der Waals surface area (Å²) >= 11 is 0. The summed E-state index contributed by atoms with van der Waals surface area (Å²) in [6.45, 7) is 5.31. The Morgan fingerprint density at radius 2 is 1.78 bits per heavy atom. The Kier molecular flexibility index (Phi) is 6.35. The maximum Gasteiger partial charge on any atom is 0.276 e. The summed E-state index contributed by atoms with van der Waals surface area (Å²) in [6, 6.07) is 13.5. The van der Waals surface area contributed by atoms with Crippen LogP contribution in [-0.2, 0) is 10.0 Å². The quantitative estimate of drug-likeness (QED) is 0.615. The van der Waals surface area contributed by atoms with E-state index in [0.717, 1.165) is 6.54 Å². The molecule has 8 nitrogen and oxygen atoms in total. The molecule has 3 aromatic rings. The van der Waals surface area contributed by atoms with Crippen molar-refractivity contribution >= 4 is 21.6 Å². The zero-order chi connectivity index (χ0) is 22.7. The number of aromatic nitrogens is 2. The van der Waals surface area contributed by atoms with Crippen LogP contribution in [0, 0.1) is 5.82 Å². The van der Waals surface area contributed by atoms with Crippen LogP contribution in [0.1, 0.15) is 17.4 Å². The highest BCUT2D eigenvalue weighted by molar-refractivity contribution is 7.89. The van der Waals surface area contributed by atoms with Gasteiger partial charge in [0.25, 0.3) is 5.91 Å². The molecule has 10 heteroatoms. The molecule has 0 aliphatic carbocycles. The van der Waals surface area contributed by atoms with E-state index in [1.807, 2.05) is 0 Å². The zero-order valence-electron chi connectivity index (χ0n) is 17.6. The maximum absolute atomic E-state index is 13.4. The molecule has 0 bridgehead atoms. The van der Waals surface area contributed by atoms with E-state index in [1.54, 1.807) is 30.5 Å². The van der Waals surface area contributed by atoms with E-state index in [1.165, 1.54) is 39.3 Å². The monoisotopic (exact) mass is 457 g/mol. The molecule has 0 saturated carbocycles. The van der Waals surface area contributed by atoms with Crippen LogP contribution in [0.4, 0.5) is 10.1 Å². The van der Waals surface area contributed by atoms with Crippen molar-refractivity contribution in [3.8, 4) is 5.69 Å². The SMILES string of the molecule is CCN1CCN(S(=O)(=O)c2ccc(NC(=O)c3ccn(-c4cccc(F)c4)n3)cc2)CC1. The Hall–Kier alpha value is -3.08. The predicted molar refractivity (Wildman–Crippen MR) is 119 cm³/mol. The van der Waals surface area contributed by atoms with Crippen molar-refractivity contribution in [3.05, 3.63) is 72.3 Å². The fourth-order valence-corrected chi connectivity index (χ4v) is 4.97. The molecular formula is C22H24FN5O3S. The number of hydrogen-bond donors (Lipinski definition) is 1. The molecule has 1 aliphatic heterocycles. The summed E-state index contributed by atoms with van der Waals surface area (Å²) in [4.78, 5) is 14.9. The third kappa shape index (κ3) is 4.72. The lowest BCUT2D eigenvalue weighted by Crippen LogP contribution is -2.48. The number of amides is 1. The minimum absolute atomic E-state index is 0.153. The lowest BCUT2D eigenvalue weighted by Gasteiger charge is -2.33. The highest BCUT2D eigenvalue weighted by Crippen LogP contribution is 2.20. The van der Waals surface area contributed by atoms with Crippen molar-refractivity contribution in [1.29, 1.82) is 0 Å². The Balaban J connectivity index is 1.42. The smallest absolute Gasteiger partial charge is 0.276 e. The average Bonchev–Trinajstić information content (AvgIpc) is 3.30. The number of rotatable bonds is 6. The molecule has 1 fully saturated rings. The first-order valence-electron chi connectivity index (χ1n) is 10.3. The third-order valence-electron chi connectivity index (χ3n) is 5.42. The highest BCUT2D eigenvalue weighted by atomic mass is 32.2. The van der Waals surface area contributed by atoms with Crippen LogP contribution in [0.25, 0.3) is 5.69 Å². The van der Waals surface area contributed by atoms with Crippen LogP contribution in [0.3, 0.4) is 0 Å². The van der Waals surface area contributed by atoms with Gasteiger partial charge < -0.3 is 10.2 Å². The Bertz CT molecular complexity index is 1200. The number of carbonyl (C=O) groups excluding carboxylic acids is 1. The molecule has 1 aliphatic rings. The predicted octanol–water partition coefficient (Wildman–Crippen LogP) is 2.59. The number of carbonyl (C=O) groups is 1. The minimum Gasteiger partial charge on any atom is -0.321 e. The molecular weight excluding hydrogens is 433 g/mol. The molecule has 1 amide bonds. The largest absolute Gasteiger partial charge is 0.321 e. The molecule has 2 aromatic carbocycles. The number of halogens is 1. The van der Waals surface area contributed by atoms with Gasteiger partial charge in [-0.2, -0.15) is 9.40 Å². The summed E-state index contributed by atoms with van der Waals surface area (Å²) < 4.78 is 42.1. The van der Waals surface area contributed by atoms with E-state index in [0.29, 0.717) is 37.6 Å². The van der Waals surface area contributed by atoms with E-state index >= 15 is 0 Å². The Morgan fingerprint density at radius 1 is 1.06 bits per heavy atom. The van der Waals surface area contributed by atoms with E-state index in [4.69, 9.17) is 0 Å². The number of benzene rings is 2. The molecule has 0 radical (unpaired) electrons. The van der Waals surface area contributed by atoms with Crippen molar-refractivity contribution in [2.45, 2.75) is 11.8 Å². The zero-order valence-corrected chi connectivity index (χ0v) is 18.4. The van der Waals surface area contributed by atoms with Crippen LogP contribution < -0.4 is 5.32 Å². The summed E-state index contributed by atoms with van der Waals surface area (Å²) in [7, 11) is -3.57. The molecule has 1 N–H and O–H groups in total. The highest BCUT2D eigenvalue weighted by Gasteiger charge is 2.28. The number of piperazine rings is 1. The van der Waals surface area contributed by atoms with Gasteiger partial charge in [0.15, 0.2) is 5.69 Å².